The molecule has 1 aromatic heterocycles. The molecular formula is C21H23N3O2. The summed E-state index contributed by atoms with van der Waals surface area (Å²) in [6, 6.07) is 13.7. The smallest absolute Gasteiger partial charge is 0.258 e. The predicted molar refractivity (Wildman–Crippen MR) is 102 cm³/mol. The minimum absolute atomic E-state index is 0.0000385. The first-order valence-corrected chi connectivity index (χ1v) is 8.60. The number of nitrogens with one attached hydrogen (secondary N) is 1. The average Bonchev–Trinajstić information content (AvgIpc) is 3.17. The number of hydrogen-bond acceptors (Lipinski definition) is 3. The number of carbonyl (C=O) groups is 1. The number of hydrogen-bond donors (Lipinski definition) is 1. The van der Waals surface area contributed by atoms with Crippen LogP contribution in [0.2, 0.25) is 0 Å². The van der Waals surface area contributed by atoms with Crippen molar-refractivity contribution in [3.63, 3.8) is 0 Å². The zero-order valence-corrected chi connectivity index (χ0v) is 15.3. The molecule has 0 aliphatic carbocycles. The molecule has 1 atom stereocenters. The van der Waals surface area contributed by atoms with E-state index in [9.17, 15) is 4.79 Å². The molecule has 0 spiro atoms. The second kappa shape index (κ2) is 7.87. The lowest BCUT2D eigenvalue weighted by atomic mass is 10.1. The molecule has 5 heteroatoms. The van der Waals surface area contributed by atoms with Crippen LogP contribution in [0.1, 0.15) is 29.7 Å². The van der Waals surface area contributed by atoms with Crippen LogP contribution in [0.25, 0.3) is 5.69 Å². The highest BCUT2D eigenvalue weighted by Gasteiger charge is 2.10. The molecule has 0 saturated carbocycles. The Balaban J connectivity index is 1.54. The van der Waals surface area contributed by atoms with Crippen LogP contribution in [0.5, 0.6) is 5.75 Å². The fraction of sp³-hybridized carbons (Fsp3) is 0.238. The summed E-state index contributed by atoms with van der Waals surface area (Å²) in [4.78, 5) is 16.2. The third kappa shape index (κ3) is 4.30. The van der Waals surface area contributed by atoms with Gasteiger partial charge in [-0.2, -0.15) is 0 Å². The molecular weight excluding hydrogens is 326 g/mol. The summed E-state index contributed by atoms with van der Waals surface area (Å²) >= 11 is 0. The number of amides is 1. The van der Waals surface area contributed by atoms with E-state index in [2.05, 4.69) is 10.3 Å². The van der Waals surface area contributed by atoms with Crippen molar-refractivity contribution in [3.8, 4) is 11.4 Å². The van der Waals surface area contributed by atoms with E-state index in [1.807, 2.05) is 74.0 Å². The second-order valence-electron chi connectivity index (χ2n) is 6.39. The van der Waals surface area contributed by atoms with E-state index >= 15 is 0 Å². The third-order valence-electron chi connectivity index (χ3n) is 4.42. The molecule has 3 aromatic rings. The van der Waals surface area contributed by atoms with Crippen molar-refractivity contribution in [1.82, 2.24) is 14.9 Å². The lowest BCUT2D eigenvalue weighted by Crippen LogP contribution is -2.31. The van der Waals surface area contributed by atoms with Crippen molar-refractivity contribution >= 4 is 5.91 Å². The Bertz CT molecular complexity index is 871. The quantitative estimate of drug-likeness (QED) is 0.737. The summed E-state index contributed by atoms with van der Waals surface area (Å²) in [7, 11) is 0. The Morgan fingerprint density at radius 1 is 1.15 bits per heavy atom. The Morgan fingerprint density at radius 2 is 1.92 bits per heavy atom. The molecule has 1 N–H and O–H groups in total. The molecule has 26 heavy (non-hydrogen) atoms. The number of aryl methyl sites for hydroxylation is 2. The number of aromatic nitrogens is 2. The van der Waals surface area contributed by atoms with Gasteiger partial charge in [0, 0.05) is 18.1 Å². The van der Waals surface area contributed by atoms with Crippen LogP contribution in [0.4, 0.5) is 0 Å². The summed E-state index contributed by atoms with van der Waals surface area (Å²) in [6.45, 7) is 6.03. The molecule has 0 saturated heterocycles. The van der Waals surface area contributed by atoms with Crippen molar-refractivity contribution in [2.24, 2.45) is 0 Å². The summed E-state index contributed by atoms with van der Waals surface area (Å²) in [5.74, 6) is 0.565. The number of benzene rings is 2. The molecule has 3 rings (SSSR count). The highest BCUT2D eigenvalue weighted by Crippen LogP contribution is 2.17. The summed E-state index contributed by atoms with van der Waals surface area (Å²) in [5.41, 5.74) is 4.42. The predicted octanol–water partition coefficient (Wildman–Crippen LogP) is 3.75. The number of imidazole rings is 1. The number of carbonyl (C=O) groups excluding carboxylic acids is 1. The van der Waals surface area contributed by atoms with Crippen LogP contribution < -0.4 is 10.1 Å². The largest absolute Gasteiger partial charge is 0.484 e. The van der Waals surface area contributed by atoms with E-state index in [0.717, 1.165) is 16.8 Å². The maximum Gasteiger partial charge on any atom is 0.258 e. The van der Waals surface area contributed by atoms with Gasteiger partial charge in [-0.25, -0.2) is 4.98 Å². The van der Waals surface area contributed by atoms with E-state index in [4.69, 9.17) is 4.74 Å². The van der Waals surface area contributed by atoms with Crippen LogP contribution in [0.15, 0.2) is 61.2 Å². The van der Waals surface area contributed by atoms with E-state index in [-0.39, 0.29) is 18.6 Å². The van der Waals surface area contributed by atoms with Crippen molar-refractivity contribution < 1.29 is 9.53 Å². The average molecular weight is 349 g/mol. The van der Waals surface area contributed by atoms with Gasteiger partial charge in [0.25, 0.3) is 5.91 Å². The van der Waals surface area contributed by atoms with Gasteiger partial charge in [0.2, 0.25) is 0 Å². The molecule has 1 unspecified atom stereocenters. The lowest BCUT2D eigenvalue weighted by Gasteiger charge is -2.15. The molecule has 0 radical (unpaired) electrons. The van der Waals surface area contributed by atoms with Crippen molar-refractivity contribution in [2.75, 3.05) is 6.61 Å². The molecule has 5 nitrogen and oxygen atoms in total. The van der Waals surface area contributed by atoms with Gasteiger partial charge in [0.1, 0.15) is 5.75 Å². The Hall–Kier alpha value is -3.08. The van der Waals surface area contributed by atoms with Crippen molar-refractivity contribution in [3.05, 3.63) is 77.9 Å². The number of rotatable bonds is 6. The standard InChI is InChI=1S/C21H23N3O2/c1-15-4-9-20(12-16(15)2)26-13-21(25)23-17(3)18-5-7-19(8-6-18)24-11-10-22-14-24/h4-12,14,17H,13H2,1-3H3,(H,23,25). The first kappa shape index (κ1) is 17.7. The fourth-order valence-electron chi connectivity index (χ4n) is 2.67. The number of ether oxygens (including phenoxy) is 1. The van der Waals surface area contributed by atoms with E-state index in [1.165, 1.54) is 5.56 Å². The molecule has 134 valence electrons. The highest BCUT2D eigenvalue weighted by atomic mass is 16.5. The van der Waals surface area contributed by atoms with Crippen LogP contribution >= 0.6 is 0 Å². The van der Waals surface area contributed by atoms with Gasteiger partial charge >= 0.3 is 0 Å². The van der Waals surface area contributed by atoms with Crippen molar-refractivity contribution in [1.29, 1.82) is 0 Å². The maximum atomic E-state index is 12.2. The first-order valence-electron chi connectivity index (χ1n) is 8.60. The van der Waals surface area contributed by atoms with Gasteiger partial charge < -0.3 is 14.6 Å². The van der Waals surface area contributed by atoms with Gasteiger partial charge in [0.15, 0.2) is 6.61 Å². The molecule has 2 aromatic carbocycles. The van der Waals surface area contributed by atoms with Crippen molar-refractivity contribution in [2.45, 2.75) is 26.8 Å². The van der Waals surface area contributed by atoms with Crippen LogP contribution in [-0.4, -0.2) is 22.1 Å². The lowest BCUT2D eigenvalue weighted by molar-refractivity contribution is -0.123. The summed E-state index contributed by atoms with van der Waals surface area (Å²) < 4.78 is 7.52. The van der Waals surface area contributed by atoms with Gasteiger partial charge in [-0.1, -0.05) is 18.2 Å². The third-order valence-corrected chi connectivity index (χ3v) is 4.42. The minimum Gasteiger partial charge on any atom is -0.484 e. The summed E-state index contributed by atoms with van der Waals surface area (Å²) in [6.07, 6.45) is 5.39. The van der Waals surface area contributed by atoms with Gasteiger partial charge in [-0.05, 0) is 61.7 Å². The fourth-order valence-corrected chi connectivity index (χ4v) is 2.67. The van der Waals surface area contributed by atoms with Gasteiger partial charge in [-0.3, -0.25) is 4.79 Å². The second-order valence-corrected chi connectivity index (χ2v) is 6.39. The Kier molecular flexibility index (Phi) is 5.37. The SMILES string of the molecule is Cc1ccc(OCC(=O)NC(C)c2ccc(-n3ccnc3)cc2)cc1C. The minimum atomic E-state index is -0.144. The maximum absolute atomic E-state index is 12.2. The zero-order valence-electron chi connectivity index (χ0n) is 15.3. The van der Waals surface area contributed by atoms with Crippen LogP contribution in [0.3, 0.4) is 0 Å². The summed E-state index contributed by atoms with van der Waals surface area (Å²) in [5, 5.41) is 2.96. The number of nitrogens with zero attached hydrogens (tertiary/aromatic N) is 2. The van der Waals surface area contributed by atoms with Gasteiger partial charge in [0.05, 0.1) is 12.4 Å². The Labute approximate surface area is 153 Å². The molecule has 0 aliphatic heterocycles. The highest BCUT2D eigenvalue weighted by molar-refractivity contribution is 5.78. The first-order chi connectivity index (χ1) is 12.5. The Morgan fingerprint density at radius 3 is 2.58 bits per heavy atom. The van der Waals surface area contributed by atoms with Crippen LogP contribution in [0, 0.1) is 13.8 Å². The zero-order chi connectivity index (χ0) is 18.5. The van der Waals surface area contributed by atoms with Crippen LogP contribution in [-0.2, 0) is 4.79 Å². The van der Waals surface area contributed by atoms with E-state index in [1.54, 1.807) is 12.5 Å². The molecule has 1 heterocycles. The van der Waals surface area contributed by atoms with E-state index in [0.29, 0.717) is 5.75 Å². The van der Waals surface area contributed by atoms with Gasteiger partial charge in [-0.15, -0.1) is 0 Å². The molecule has 0 fully saturated rings. The normalized spacial score (nSPS) is 11.8. The molecule has 0 aliphatic rings. The monoisotopic (exact) mass is 349 g/mol. The molecule has 0 bridgehead atoms. The topological polar surface area (TPSA) is 56.1 Å². The van der Waals surface area contributed by atoms with E-state index < -0.39 is 0 Å². The molecule has 1 amide bonds.